The summed E-state index contributed by atoms with van der Waals surface area (Å²) in [5.74, 6) is 1.23. The number of aromatic nitrogens is 3. The van der Waals surface area contributed by atoms with Crippen LogP contribution in [0.2, 0.25) is 0 Å². The molecule has 0 bridgehead atoms. The van der Waals surface area contributed by atoms with Gasteiger partial charge in [0.05, 0.1) is 15.9 Å². The fraction of sp³-hybridized carbons (Fsp3) is 0.125. The van der Waals surface area contributed by atoms with Crippen LogP contribution in [0.1, 0.15) is 12.5 Å². The lowest BCUT2D eigenvalue weighted by molar-refractivity contribution is 0.985. The number of para-hydroxylation sites is 1. The van der Waals surface area contributed by atoms with E-state index in [9.17, 15) is 0 Å². The Balaban J connectivity index is 1.55. The molecule has 0 unspecified atom stereocenters. The molecule has 0 aliphatic carbocycles. The van der Waals surface area contributed by atoms with Crippen molar-refractivity contribution in [3.05, 3.63) is 72.6 Å². The third-order valence-electron chi connectivity index (χ3n) is 5.34. The van der Waals surface area contributed by atoms with Crippen molar-refractivity contribution in [1.29, 1.82) is 0 Å². The summed E-state index contributed by atoms with van der Waals surface area (Å²) in [4.78, 5) is 15.8. The molecule has 0 aliphatic rings. The quantitative estimate of drug-likeness (QED) is 0.357. The average molecular weight is 427 g/mol. The van der Waals surface area contributed by atoms with Crippen LogP contribution in [0.15, 0.2) is 67.0 Å². The van der Waals surface area contributed by atoms with E-state index in [0.29, 0.717) is 17.3 Å². The van der Waals surface area contributed by atoms with Crippen molar-refractivity contribution in [2.75, 3.05) is 22.5 Å². The van der Waals surface area contributed by atoms with E-state index in [2.05, 4.69) is 76.5 Å². The molecular weight excluding hydrogens is 404 g/mol. The number of hydrogen-bond acceptors (Lipinski definition) is 7. The molecule has 0 saturated carbocycles. The van der Waals surface area contributed by atoms with Gasteiger partial charge < -0.3 is 16.0 Å². The predicted octanol–water partition coefficient (Wildman–Crippen LogP) is 6.03. The first-order valence-corrected chi connectivity index (χ1v) is 11.0. The third kappa shape index (κ3) is 3.43. The largest absolute Gasteiger partial charge is 0.393 e. The number of nitrogens with zero attached hydrogens (tertiary/aromatic N) is 4. The molecular formula is C24H22N6S. The van der Waals surface area contributed by atoms with Crippen LogP contribution in [0.3, 0.4) is 0 Å². The van der Waals surface area contributed by atoms with Gasteiger partial charge in [0.1, 0.15) is 12.0 Å². The number of benzene rings is 3. The molecule has 0 radical (unpaired) electrons. The molecule has 7 heteroatoms. The summed E-state index contributed by atoms with van der Waals surface area (Å²) in [6.45, 7) is 4.87. The summed E-state index contributed by atoms with van der Waals surface area (Å²) in [7, 11) is 0. The topological polar surface area (TPSA) is 80.0 Å². The highest BCUT2D eigenvalue weighted by Crippen LogP contribution is 2.37. The molecule has 3 N–H and O–H groups in total. The Morgan fingerprint density at radius 2 is 1.81 bits per heavy atom. The lowest BCUT2D eigenvalue weighted by Gasteiger charge is -2.25. The number of nitrogens with one attached hydrogen (secondary N) is 1. The summed E-state index contributed by atoms with van der Waals surface area (Å²) in [5, 5.41) is 6.39. The summed E-state index contributed by atoms with van der Waals surface area (Å²) in [5.41, 5.74) is 10.3. The number of hydrogen-bond donors (Lipinski definition) is 2. The van der Waals surface area contributed by atoms with E-state index >= 15 is 0 Å². The molecule has 2 heterocycles. The van der Waals surface area contributed by atoms with Gasteiger partial charge >= 0.3 is 0 Å². The molecule has 0 atom stereocenters. The zero-order valence-corrected chi connectivity index (χ0v) is 18.1. The number of aryl methyl sites for hydroxylation is 1. The molecule has 0 aliphatic heterocycles. The normalized spacial score (nSPS) is 11.2. The maximum absolute atomic E-state index is 6.56. The van der Waals surface area contributed by atoms with Crippen molar-refractivity contribution in [2.24, 2.45) is 0 Å². The van der Waals surface area contributed by atoms with E-state index in [0.717, 1.165) is 38.5 Å². The number of fused-ring (bicyclic) bond motifs is 2. The Hall–Kier alpha value is -3.71. The summed E-state index contributed by atoms with van der Waals surface area (Å²) < 4.78 is 1.13. The minimum Gasteiger partial charge on any atom is -0.393 e. The van der Waals surface area contributed by atoms with Crippen molar-refractivity contribution in [3.8, 4) is 0 Å². The number of thiazole rings is 1. The Morgan fingerprint density at radius 1 is 1.00 bits per heavy atom. The van der Waals surface area contributed by atoms with E-state index in [4.69, 9.17) is 10.7 Å². The van der Waals surface area contributed by atoms with Gasteiger partial charge in [0.15, 0.2) is 16.8 Å². The monoisotopic (exact) mass is 426 g/mol. The minimum atomic E-state index is 0.494. The van der Waals surface area contributed by atoms with E-state index in [1.54, 1.807) is 17.7 Å². The molecule has 3 aromatic carbocycles. The van der Waals surface area contributed by atoms with Crippen LogP contribution in [0, 0.1) is 6.92 Å². The van der Waals surface area contributed by atoms with Crippen LogP contribution in [0.4, 0.5) is 28.1 Å². The Labute approximate surface area is 184 Å². The second kappa shape index (κ2) is 7.85. The molecule has 0 fully saturated rings. The zero-order valence-electron chi connectivity index (χ0n) is 17.3. The maximum Gasteiger partial charge on any atom is 0.189 e. The van der Waals surface area contributed by atoms with Gasteiger partial charge in [0.25, 0.3) is 0 Å². The first kappa shape index (κ1) is 19.3. The minimum absolute atomic E-state index is 0.494. The summed E-state index contributed by atoms with van der Waals surface area (Å²) >= 11 is 1.58. The first-order chi connectivity index (χ1) is 15.2. The Bertz CT molecular complexity index is 1390. The lowest BCUT2D eigenvalue weighted by Crippen LogP contribution is -2.20. The van der Waals surface area contributed by atoms with Crippen LogP contribution in [0.25, 0.3) is 21.0 Å². The second-order valence-corrected chi connectivity index (χ2v) is 8.30. The highest BCUT2D eigenvalue weighted by Gasteiger charge is 2.18. The molecule has 0 spiro atoms. The molecule has 5 rings (SSSR count). The van der Waals surface area contributed by atoms with Gasteiger partial charge in [0.2, 0.25) is 0 Å². The van der Waals surface area contributed by atoms with Crippen molar-refractivity contribution in [2.45, 2.75) is 13.8 Å². The molecule has 5 aromatic rings. The van der Waals surface area contributed by atoms with Crippen LogP contribution in [-0.4, -0.2) is 21.5 Å². The molecule has 0 saturated heterocycles. The standard InChI is InChI=1S/C24H22N6S/c1-3-30(18-12-7-10-16-9-4-5-11-17(16)18)23-20(25)22(26-14-27-23)29-24-28-21-15(2)8-6-13-19(21)31-24/h4-14H,3,25H2,1-2H3,(H,26,27,28,29). The van der Waals surface area contributed by atoms with Crippen molar-refractivity contribution < 1.29 is 0 Å². The van der Waals surface area contributed by atoms with Crippen LogP contribution in [0.5, 0.6) is 0 Å². The predicted molar refractivity (Wildman–Crippen MR) is 131 cm³/mol. The summed E-state index contributed by atoms with van der Waals surface area (Å²) in [6, 6.07) is 20.8. The van der Waals surface area contributed by atoms with Crippen LogP contribution >= 0.6 is 11.3 Å². The fourth-order valence-corrected chi connectivity index (χ4v) is 4.76. The maximum atomic E-state index is 6.56. The number of rotatable bonds is 5. The molecule has 31 heavy (non-hydrogen) atoms. The van der Waals surface area contributed by atoms with E-state index in [1.807, 2.05) is 18.2 Å². The van der Waals surface area contributed by atoms with E-state index < -0.39 is 0 Å². The number of anilines is 5. The third-order valence-corrected chi connectivity index (χ3v) is 6.27. The Morgan fingerprint density at radius 3 is 2.65 bits per heavy atom. The molecule has 0 amide bonds. The van der Waals surface area contributed by atoms with Gasteiger partial charge in [-0.2, -0.15) is 0 Å². The van der Waals surface area contributed by atoms with Gasteiger partial charge in [-0.3, -0.25) is 0 Å². The van der Waals surface area contributed by atoms with E-state index in [1.165, 1.54) is 5.39 Å². The fourth-order valence-electron chi connectivity index (χ4n) is 3.82. The van der Waals surface area contributed by atoms with E-state index in [-0.39, 0.29) is 0 Å². The SMILES string of the molecule is CCN(c1ncnc(Nc2nc3c(C)cccc3s2)c1N)c1cccc2ccccc12. The summed E-state index contributed by atoms with van der Waals surface area (Å²) in [6.07, 6.45) is 1.54. The van der Waals surface area contributed by atoms with Crippen molar-refractivity contribution in [3.63, 3.8) is 0 Å². The highest BCUT2D eigenvalue weighted by atomic mass is 32.1. The highest BCUT2D eigenvalue weighted by molar-refractivity contribution is 7.22. The van der Waals surface area contributed by atoms with Crippen molar-refractivity contribution in [1.82, 2.24) is 15.0 Å². The zero-order chi connectivity index (χ0) is 21.4. The van der Waals surface area contributed by atoms with Crippen LogP contribution in [-0.2, 0) is 0 Å². The van der Waals surface area contributed by atoms with Gasteiger partial charge in [0, 0.05) is 11.9 Å². The molecule has 6 nitrogen and oxygen atoms in total. The lowest BCUT2D eigenvalue weighted by atomic mass is 10.1. The first-order valence-electron chi connectivity index (χ1n) is 10.1. The molecule has 2 aromatic heterocycles. The molecule has 154 valence electrons. The van der Waals surface area contributed by atoms with Gasteiger partial charge in [-0.1, -0.05) is 59.9 Å². The second-order valence-electron chi connectivity index (χ2n) is 7.27. The van der Waals surface area contributed by atoms with Crippen LogP contribution < -0.4 is 16.0 Å². The number of nitrogen functional groups attached to an aromatic ring is 1. The number of nitrogens with two attached hydrogens (primary N) is 1. The average Bonchev–Trinajstić information content (AvgIpc) is 3.21. The smallest absolute Gasteiger partial charge is 0.189 e. The van der Waals surface area contributed by atoms with Gasteiger partial charge in [-0.25, -0.2) is 15.0 Å². The van der Waals surface area contributed by atoms with Gasteiger partial charge in [-0.05, 0) is 36.9 Å². The van der Waals surface area contributed by atoms with Gasteiger partial charge in [-0.15, -0.1) is 0 Å². The van der Waals surface area contributed by atoms with Crippen molar-refractivity contribution >= 4 is 60.5 Å². The Kier molecular flexibility index (Phi) is 4.88.